The van der Waals surface area contributed by atoms with E-state index in [2.05, 4.69) is 61.7 Å². The number of furan rings is 2. The molecule has 0 N–H and O–H groups in total. The first-order chi connectivity index (χ1) is 15.7. The van der Waals surface area contributed by atoms with E-state index in [1.54, 1.807) is 0 Å². The average Bonchev–Trinajstić information content (AvgIpc) is 3.44. The first kappa shape index (κ1) is 21.2. The minimum Gasteiger partial charge on any atom is -0.456 e. The van der Waals surface area contributed by atoms with E-state index >= 15 is 0 Å². The van der Waals surface area contributed by atoms with Crippen LogP contribution in [-0.4, -0.2) is 0 Å². The van der Waals surface area contributed by atoms with Crippen LogP contribution < -0.4 is 0 Å². The molecule has 0 spiro atoms. The number of hydrogen-bond donors (Lipinski definition) is 0. The van der Waals surface area contributed by atoms with Gasteiger partial charge in [-0.2, -0.15) is 0 Å². The van der Waals surface area contributed by atoms with Crippen molar-refractivity contribution in [3.05, 3.63) is 109 Å². The molecule has 0 bridgehead atoms. The van der Waals surface area contributed by atoms with Crippen LogP contribution in [0, 0.1) is 0 Å². The number of rotatable bonds is 7. The van der Waals surface area contributed by atoms with Crippen LogP contribution in [0.15, 0.2) is 94.8 Å². The van der Waals surface area contributed by atoms with E-state index in [-0.39, 0.29) is 0 Å². The fraction of sp³-hybridized carbons (Fsp3) is 0.0667. The first-order valence-corrected chi connectivity index (χ1v) is 10.7. The van der Waals surface area contributed by atoms with Crippen molar-refractivity contribution in [1.29, 1.82) is 0 Å². The number of hydrogen-bond acceptors (Lipinski definition) is 2. The van der Waals surface area contributed by atoms with Crippen molar-refractivity contribution in [3.63, 3.8) is 0 Å². The van der Waals surface area contributed by atoms with Gasteiger partial charge in [0.1, 0.15) is 23.0 Å². The Morgan fingerprint density at radius 3 is 1.22 bits per heavy atom. The summed E-state index contributed by atoms with van der Waals surface area (Å²) in [6.45, 7) is 11.7. The molecule has 0 aliphatic heterocycles. The molecule has 0 aliphatic rings. The van der Waals surface area contributed by atoms with Crippen molar-refractivity contribution in [1.82, 2.24) is 0 Å². The lowest BCUT2D eigenvalue weighted by molar-refractivity contribution is 0.570. The van der Waals surface area contributed by atoms with Gasteiger partial charge in [-0.25, -0.2) is 0 Å². The molecule has 2 heterocycles. The summed E-state index contributed by atoms with van der Waals surface area (Å²) in [5, 5.41) is 0. The number of benzene rings is 2. The van der Waals surface area contributed by atoms with Crippen molar-refractivity contribution < 1.29 is 8.83 Å². The molecule has 32 heavy (non-hydrogen) atoms. The topological polar surface area (TPSA) is 26.3 Å². The summed E-state index contributed by atoms with van der Waals surface area (Å²) in [6, 6.07) is 20.8. The van der Waals surface area contributed by atoms with Crippen LogP contribution in [0.2, 0.25) is 0 Å². The van der Waals surface area contributed by atoms with Crippen molar-refractivity contribution in [2.24, 2.45) is 0 Å². The van der Waals surface area contributed by atoms with E-state index in [1.807, 2.05) is 62.4 Å². The van der Waals surface area contributed by atoms with E-state index in [0.717, 1.165) is 56.4 Å². The molecule has 2 aromatic heterocycles. The highest BCUT2D eigenvalue weighted by atomic mass is 16.3. The Kier molecular flexibility index (Phi) is 6.23. The minimum absolute atomic E-state index is 0.826. The lowest BCUT2D eigenvalue weighted by Crippen LogP contribution is -1.80. The molecule has 0 radical (unpaired) electrons. The zero-order valence-electron chi connectivity index (χ0n) is 18.5. The summed E-state index contributed by atoms with van der Waals surface area (Å²) in [6.07, 6.45) is 11.5. The predicted octanol–water partition coefficient (Wildman–Crippen LogP) is 9.23. The lowest BCUT2D eigenvalue weighted by atomic mass is 10.0. The largest absolute Gasteiger partial charge is 0.456 e. The molecule has 0 amide bonds. The summed E-state index contributed by atoms with van der Waals surface area (Å²) in [5.41, 5.74) is 6.35. The molecule has 0 fully saturated rings. The second-order valence-electron chi connectivity index (χ2n) is 7.42. The van der Waals surface area contributed by atoms with Gasteiger partial charge in [0.25, 0.3) is 0 Å². The monoisotopic (exact) mass is 418 g/mol. The molecular weight excluding hydrogens is 392 g/mol. The second-order valence-corrected chi connectivity index (χ2v) is 7.42. The zero-order valence-corrected chi connectivity index (χ0v) is 18.5. The molecule has 0 aliphatic carbocycles. The van der Waals surface area contributed by atoms with E-state index in [4.69, 9.17) is 8.83 Å². The first-order valence-electron chi connectivity index (χ1n) is 10.7. The van der Waals surface area contributed by atoms with E-state index in [0.29, 0.717) is 0 Å². The molecule has 4 aromatic rings. The van der Waals surface area contributed by atoms with Crippen LogP contribution in [-0.2, 0) is 0 Å². The third-order valence-electron chi connectivity index (χ3n) is 5.33. The highest BCUT2D eigenvalue weighted by Gasteiger charge is 2.10. The van der Waals surface area contributed by atoms with Gasteiger partial charge in [-0.05, 0) is 49.3 Å². The Bertz CT molecular complexity index is 1190. The van der Waals surface area contributed by atoms with Gasteiger partial charge in [0, 0.05) is 22.3 Å². The Labute approximate surface area is 189 Å². The maximum Gasteiger partial charge on any atom is 0.135 e. The van der Waals surface area contributed by atoms with Crippen LogP contribution in [0.3, 0.4) is 0 Å². The van der Waals surface area contributed by atoms with Crippen molar-refractivity contribution in [2.45, 2.75) is 13.8 Å². The summed E-state index contributed by atoms with van der Waals surface area (Å²) in [5.74, 6) is 3.32. The normalized spacial score (nSPS) is 11.4. The van der Waals surface area contributed by atoms with E-state index in [1.165, 1.54) is 0 Å². The van der Waals surface area contributed by atoms with Gasteiger partial charge in [0.15, 0.2) is 0 Å². The molecule has 4 rings (SSSR count). The van der Waals surface area contributed by atoms with Gasteiger partial charge >= 0.3 is 0 Å². The molecule has 2 nitrogen and oxygen atoms in total. The summed E-state index contributed by atoms with van der Waals surface area (Å²) in [7, 11) is 0. The highest BCUT2D eigenvalue weighted by Crippen LogP contribution is 2.32. The van der Waals surface area contributed by atoms with Gasteiger partial charge in [-0.3, -0.25) is 0 Å². The maximum absolute atomic E-state index is 6.00. The molecule has 0 saturated carbocycles. The number of allylic oxidation sites excluding steroid dienone is 2. The van der Waals surface area contributed by atoms with Gasteiger partial charge in [0.2, 0.25) is 0 Å². The van der Waals surface area contributed by atoms with Gasteiger partial charge in [-0.15, -0.1) is 0 Å². The smallest absolute Gasteiger partial charge is 0.135 e. The van der Waals surface area contributed by atoms with Crippen LogP contribution in [0.4, 0.5) is 0 Å². The van der Waals surface area contributed by atoms with Crippen molar-refractivity contribution in [3.8, 4) is 33.8 Å². The van der Waals surface area contributed by atoms with Crippen LogP contribution in [0.5, 0.6) is 0 Å². The van der Waals surface area contributed by atoms with Crippen LogP contribution in [0.1, 0.15) is 36.5 Å². The molecule has 0 unspecified atom stereocenters. The Morgan fingerprint density at radius 1 is 0.562 bits per heavy atom. The molecule has 0 atom stereocenters. The third-order valence-corrected chi connectivity index (χ3v) is 5.33. The fourth-order valence-electron chi connectivity index (χ4n) is 3.66. The standard InChI is InChI=1S/C30H26O2/c1-5-9-27-21(7-3)19-29(31-27)25-15-11-23(12-16-25)24-13-17-26(18-14-24)30-20-22(8-4)28(32-30)10-6-2/h5-20H,3-4H2,1-2H3/b9-5-,10-6-. The average molecular weight is 419 g/mol. The summed E-state index contributed by atoms with van der Waals surface area (Å²) in [4.78, 5) is 0. The third kappa shape index (κ3) is 4.21. The highest BCUT2D eigenvalue weighted by molar-refractivity contribution is 5.74. The fourth-order valence-corrected chi connectivity index (χ4v) is 3.66. The van der Waals surface area contributed by atoms with E-state index in [9.17, 15) is 0 Å². The zero-order chi connectivity index (χ0) is 22.5. The molecule has 2 aromatic carbocycles. The van der Waals surface area contributed by atoms with E-state index < -0.39 is 0 Å². The molecular formula is C30H26O2. The quantitative estimate of drug-likeness (QED) is 0.299. The van der Waals surface area contributed by atoms with Crippen molar-refractivity contribution in [2.75, 3.05) is 0 Å². The van der Waals surface area contributed by atoms with Crippen LogP contribution >= 0.6 is 0 Å². The lowest BCUT2D eigenvalue weighted by Gasteiger charge is -2.05. The van der Waals surface area contributed by atoms with Gasteiger partial charge in [0.05, 0.1) is 0 Å². The second kappa shape index (κ2) is 9.40. The Balaban J connectivity index is 1.58. The van der Waals surface area contributed by atoms with Gasteiger partial charge in [-0.1, -0.05) is 86.0 Å². The SMILES string of the molecule is C=Cc1cc(-c2ccc(-c3ccc(-c4cc(C=C)c(/C=C\C)o4)cc3)cc2)oc1/C=C\C. The summed E-state index contributed by atoms with van der Waals surface area (Å²) >= 11 is 0. The molecule has 2 heteroatoms. The Morgan fingerprint density at radius 2 is 0.906 bits per heavy atom. The molecule has 158 valence electrons. The van der Waals surface area contributed by atoms with Crippen LogP contribution in [0.25, 0.3) is 58.1 Å². The summed E-state index contributed by atoms with van der Waals surface area (Å²) < 4.78 is 12.0. The predicted molar refractivity (Wildman–Crippen MR) is 137 cm³/mol. The molecule has 0 saturated heterocycles. The minimum atomic E-state index is 0.826. The maximum atomic E-state index is 6.00. The van der Waals surface area contributed by atoms with Crippen molar-refractivity contribution >= 4 is 24.3 Å². The van der Waals surface area contributed by atoms with Gasteiger partial charge < -0.3 is 8.83 Å². The Hall–Kier alpha value is -4.04.